The van der Waals surface area contributed by atoms with Crippen LogP contribution in [-0.2, 0) is 11.4 Å². The van der Waals surface area contributed by atoms with Crippen LogP contribution in [-0.4, -0.2) is 35.2 Å². The number of amides is 1. The molecule has 3 rings (SSSR count). The van der Waals surface area contributed by atoms with Crippen LogP contribution in [0.5, 0.6) is 11.5 Å². The highest BCUT2D eigenvalue weighted by molar-refractivity contribution is 9.10. The second-order valence-electron chi connectivity index (χ2n) is 7.95. The summed E-state index contributed by atoms with van der Waals surface area (Å²) < 4.78 is 12.3. The van der Waals surface area contributed by atoms with Crippen LogP contribution in [0, 0.1) is 0 Å². The number of halogens is 3. The number of amidine groups is 1. The molecule has 2 aromatic carbocycles. The summed E-state index contributed by atoms with van der Waals surface area (Å²) in [6.07, 6.45) is 1.85. The summed E-state index contributed by atoms with van der Waals surface area (Å²) in [4.78, 5) is 20.0. The molecular formula is C24H25BrCl2N2O3S. The van der Waals surface area contributed by atoms with Crippen LogP contribution in [0.4, 0.5) is 0 Å². The molecule has 1 saturated heterocycles. The first kappa shape index (κ1) is 25.9. The number of nitrogens with zero attached hydrogens (tertiary/aromatic N) is 2. The maximum atomic E-state index is 13.1. The van der Waals surface area contributed by atoms with Crippen molar-refractivity contribution in [3.8, 4) is 11.5 Å². The zero-order chi connectivity index (χ0) is 24.3. The van der Waals surface area contributed by atoms with Gasteiger partial charge in [-0.1, -0.05) is 45.2 Å². The van der Waals surface area contributed by atoms with Crippen LogP contribution >= 0.6 is 50.9 Å². The highest BCUT2D eigenvalue weighted by Gasteiger charge is 2.35. The molecule has 2 aromatic rings. The Kier molecular flexibility index (Phi) is 8.78. The molecule has 1 aliphatic rings. The Bertz CT molecular complexity index is 1120. The van der Waals surface area contributed by atoms with Gasteiger partial charge in [0.25, 0.3) is 5.91 Å². The Balaban J connectivity index is 1.88. The third kappa shape index (κ3) is 6.27. The van der Waals surface area contributed by atoms with Crippen molar-refractivity contribution in [2.45, 2.75) is 46.4 Å². The number of aliphatic imine (C=N–C) groups is 1. The lowest BCUT2D eigenvalue weighted by atomic mass is 10.1. The van der Waals surface area contributed by atoms with Crippen molar-refractivity contribution in [1.82, 2.24) is 4.90 Å². The zero-order valence-corrected chi connectivity index (χ0v) is 22.9. The van der Waals surface area contributed by atoms with Crippen molar-refractivity contribution in [2.75, 3.05) is 7.11 Å². The highest BCUT2D eigenvalue weighted by Crippen LogP contribution is 2.39. The molecule has 1 heterocycles. The summed E-state index contributed by atoms with van der Waals surface area (Å²) in [7, 11) is 1.58. The lowest BCUT2D eigenvalue weighted by Crippen LogP contribution is -2.35. The van der Waals surface area contributed by atoms with E-state index in [1.165, 1.54) is 11.8 Å². The number of methoxy groups -OCH3 is 1. The molecule has 0 spiro atoms. The quantitative estimate of drug-likeness (QED) is 0.324. The first-order valence-electron chi connectivity index (χ1n) is 10.4. The average Bonchev–Trinajstić information content (AvgIpc) is 3.04. The van der Waals surface area contributed by atoms with Gasteiger partial charge in [-0.2, -0.15) is 0 Å². The second kappa shape index (κ2) is 11.2. The lowest BCUT2D eigenvalue weighted by molar-refractivity contribution is -0.123. The number of carbonyl (C=O) groups excluding carboxylic acids is 1. The fourth-order valence-corrected chi connectivity index (χ4v) is 5.10. The number of thioether (sulfide) groups is 1. The molecule has 1 amide bonds. The summed E-state index contributed by atoms with van der Waals surface area (Å²) in [6.45, 7) is 8.26. The maximum absolute atomic E-state index is 13.1. The number of ether oxygens (including phenoxy) is 2. The normalized spacial score (nSPS) is 16.5. The van der Waals surface area contributed by atoms with Gasteiger partial charge >= 0.3 is 0 Å². The van der Waals surface area contributed by atoms with Gasteiger partial charge in [0.1, 0.15) is 6.61 Å². The molecule has 0 atom stereocenters. The molecule has 0 radical (unpaired) electrons. The molecule has 33 heavy (non-hydrogen) atoms. The number of hydrogen-bond donors (Lipinski definition) is 0. The van der Waals surface area contributed by atoms with Gasteiger partial charge in [0.15, 0.2) is 16.7 Å². The van der Waals surface area contributed by atoms with Gasteiger partial charge in [0.2, 0.25) is 0 Å². The van der Waals surface area contributed by atoms with E-state index in [9.17, 15) is 4.79 Å². The Morgan fingerprint density at radius 1 is 1.12 bits per heavy atom. The minimum Gasteiger partial charge on any atom is -0.493 e. The van der Waals surface area contributed by atoms with Crippen LogP contribution in [0.25, 0.3) is 6.08 Å². The SMILES string of the molecule is COc1cc(/C=C2/SC(=NC(C)C)N(C(C)C)C2=O)c(Br)cc1OCc1ccc(Cl)c(Cl)c1. The Labute approximate surface area is 217 Å². The van der Waals surface area contributed by atoms with Gasteiger partial charge < -0.3 is 9.47 Å². The summed E-state index contributed by atoms with van der Waals surface area (Å²) in [5.41, 5.74) is 1.69. The molecule has 5 nitrogen and oxygen atoms in total. The molecule has 0 unspecified atom stereocenters. The first-order chi connectivity index (χ1) is 15.6. The van der Waals surface area contributed by atoms with E-state index in [0.717, 1.165) is 20.8 Å². The Hall–Kier alpha value is -1.67. The smallest absolute Gasteiger partial charge is 0.266 e. The predicted molar refractivity (Wildman–Crippen MR) is 142 cm³/mol. The molecule has 176 valence electrons. The topological polar surface area (TPSA) is 51.1 Å². The van der Waals surface area contributed by atoms with Crippen molar-refractivity contribution in [3.63, 3.8) is 0 Å². The number of benzene rings is 2. The van der Waals surface area contributed by atoms with E-state index in [0.29, 0.717) is 33.1 Å². The third-order valence-electron chi connectivity index (χ3n) is 4.67. The molecule has 0 bridgehead atoms. The summed E-state index contributed by atoms with van der Waals surface area (Å²) in [6, 6.07) is 9.14. The fourth-order valence-electron chi connectivity index (χ4n) is 3.12. The van der Waals surface area contributed by atoms with Gasteiger partial charge in [-0.15, -0.1) is 0 Å². The molecule has 9 heteroatoms. The lowest BCUT2D eigenvalue weighted by Gasteiger charge is -2.20. The van der Waals surface area contributed by atoms with Crippen molar-refractivity contribution < 1.29 is 14.3 Å². The highest BCUT2D eigenvalue weighted by atomic mass is 79.9. The van der Waals surface area contributed by atoms with E-state index < -0.39 is 0 Å². The van der Waals surface area contributed by atoms with E-state index in [1.54, 1.807) is 24.1 Å². The fraction of sp³-hybridized carbons (Fsp3) is 0.333. The maximum Gasteiger partial charge on any atom is 0.266 e. The molecule has 0 N–H and O–H groups in total. The zero-order valence-electron chi connectivity index (χ0n) is 19.0. The van der Waals surface area contributed by atoms with Crippen LogP contribution in [0.3, 0.4) is 0 Å². The van der Waals surface area contributed by atoms with Crippen LogP contribution in [0.1, 0.15) is 38.8 Å². The largest absolute Gasteiger partial charge is 0.493 e. The van der Waals surface area contributed by atoms with Crippen LogP contribution in [0.15, 0.2) is 44.7 Å². The first-order valence-corrected chi connectivity index (χ1v) is 12.7. The van der Waals surface area contributed by atoms with E-state index in [2.05, 4.69) is 20.9 Å². The van der Waals surface area contributed by atoms with E-state index >= 15 is 0 Å². The van der Waals surface area contributed by atoms with Crippen molar-refractivity contribution in [2.24, 2.45) is 4.99 Å². The molecule has 0 aromatic heterocycles. The van der Waals surface area contributed by atoms with Crippen molar-refractivity contribution >= 4 is 68.0 Å². The van der Waals surface area contributed by atoms with Gasteiger partial charge in [-0.3, -0.25) is 14.7 Å². The standard InChI is InChI=1S/C24H25BrCl2N2O3S/c1-13(2)28-24-29(14(3)4)23(30)22(33-24)10-16-9-20(31-5)21(11-17(16)25)32-12-15-6-7-18(26)19(27)8-15/h6-11,13-14H,12H2,1-5H3/b22-10+,28-24?. The molecule has 0 saturated carbocycles. The molecule has 1 fully saturated rings. The van der Waals surface area contributed by atoms with E-state index in [1.807, 2.05) is 52.0 Å². The van der Waals surface area contributed by atoms with Gasteiger partial charge in [-0.05, 0) is 80.9 Å². The summed E-state index contributed by atoms with van der Waals surface area (Å²) in [5, 5.41) is 1.69. The van der Waals surface area contributed by atoms with Gasteiger partial charge in [0.05, 0.1) is 22.1 Å². The minimum absolute atomic E-state index is 0.0172. The van der Waals surface area contributed by atoms with Crippen LogP contribution < -0.4 is 9.47 Å². The molecular weight excluding hydrogens is 547 g/mol. The molecule has 0 aliphatic carbocycles. The average molecular weight is 572 g/mol. The molecule has 1 aliphatic heterocycles. The number of carbonyl (C=O) groups is 1. The third-order valence-corrected chi connectivity index (χ3v) is 7.09. The van der Waals surface area contributed by atoms with Crippen molar-refractivity contribution in [3.05, 3.63) is 60.9 Å². The summed E-state index contributed by atoms with van der Waals surface area (Å²) >= 11 is 17.1. The minimum atomic E-state index is -0.0554. The summed E-state index contributed by atoms with van der Waals surface area (Å²) in [5.74, 6) is 1.06. The van der Waals surface area contributed by atoms with Gasteiger partial charge in [-0.25, -0.2) is 0 Å². The van der Waals surface area contributed by atoms with E-state index in [-0.39, 0.29) is 18.0 Å². The van der Waals surface area contributed by atoms with Crippen molar-refractivity contribution in [1.29, 1.82) is 0 Å². The van der Waals surface area contributed by atoms with Gasteiger partial charge in [0, 0.05) is 16.6 Å². The predicted octanol–water partition coefficient (Wildman–Crippen LogP) is 7.43. The van der Waals surface area contributed by atoms with E-state index in [4.69, 9.17) is 32.7 Å². The Morgan fingerprint density at radius 2 is 1.85 bits per heavy atom. The number of hydrogen-bond acceptors (Lipinski definition) is 5. The monoisotopic (exact) mass is 570 g/mol. The number of rotatable bonds is 7. The van der Waals surface area contributed by atoms with Crippen LogP contribution in [0.2, 0.25) is 10.0 Å². The second-order valence-corrected chi connectivity index (χ2v) is 10.6. The Morgan fingerprint density at radius 3 is 2.45 bits per heavy atom.